The first-order valence-corrected chi connectivity index (χ1v) is 20.1. The van der Waals surface area contributed by atoms with Crippen molar-refractivity contribution >= 4 is 108 Å². The minimum atomic E-state index is 0.658. The van der Waals surface area contributed by atoms with Crippen LogP contribution < -0.4 is 0 Å². The van der Waals surface area contributed by atoms with E-state index in [0.29, 0.717) is 5.95 Å². The van der Waals surface area contributed by atoms with E-state index >= 15 is 0 Å². The molecule has 0 bridgehead atoms. The van der Waals surface area contributed by atoms with Crippen molar-refractivity contribution in [1.29, 1.82) is 0 Å². The molecule has 0 saturated carbocycles. The second-order valence-electron chi connectivity index (χ2n) is 15.0. The van der Waals surface area contributed by atoms with Crippen LogP contribution in [0.4, 0.5) is 0 Å². The van der Waals surface area contributed by atoms with E-state index in [1.165, 1.54) is 74.3 Å². The average molecular weight is 743 g/mol. The van der Waals surface area contributed by atoms with Crippen LogP contribution in [0, 0.1) is 0 Å². The fraction of sp³-hybridized carbons (Fsp3) is 0. The maximum absolute atomic E-state index is 5.50. The molecular formula is C52H30N4S. The molecule has 4 aromatic heterocycles. The van der Waals surface area contributed by atoms with Crippen LogP contribution in [0.15, 0.2) is 182 Å². The number of thiophene rings is 1. The Kier molecular flexibility index (Phi) is 6.29. The Hall–Kier alpha value is -7.34. The van der Waals surface area contributed by atoms with Gasteiger partial charge in [0.15, 0.2) is 0 Å². The van der Waals surface area contributed by atoms with Gasteiger partial charge in [-0.3, -0.25) is 4.57 Å². The highest BCUT2D eigenvalue weighted by Gasteiger charge is 2.21. The highest BCUT2D eigenvalue weighted by molar-refractivity contribution is 7.25. The van der Waals surface area contributed by atoms with Crippen LogP contribution in [0.2, 0.25) is 0 Å². The first kappa shape index (κ1) is 30.9. The summed E-state index contributed by atoms with van der Waals surface area (Å²) in [5.41, 5.74) is 8.60. The summed E-state index contributed by atoms with van der Waals surface area (Å²) in [7, 11) is 0. The Balaban J connectivity index is 1.11. The summed E-state index contributed by atoms with van der Waals surface area (Å²) in [5.74, 6) is 0.658. The van der Waals surface area contributed by atoms with Gasteiger partial charge in [0.05, 0.1) is 39.0 Å². The monoisotopic (exact) mass is 742 g/mol. The molecule has 0 fully saturated rings. The van der Waals surface area contributed by atoms with Crippen molar-refractivity contribution < 1.29 is 0 Å². The van der Waals surface area contributed by atoms with Gasteiger partial charge in [-0.1, -0.05) is 115 Å². The Morgan fingerprint density at radius 1 is 0.351 bits per heavy atom. The number of aromatic nitrogens is 4. The predicted octanol–water partition coefficient (Wildman–Crippen LogP) is 14.2. The third kappa shape index (κ3) is 4.43. The Labute approximate surface area is 330 Å². The molecule has 0 aliphatic heterocycles. The summed E-state index contributed by atoms with van der Waals surface area (Å²) in [6.07, 6.45) is 0. The molecule has 0 atom stereocenters. The lowest BCUT2D eigenvalue weighted by atomic mass is 10.0. The van der Waals surface area contributed by atoms with Crippen LogP contribution in [-0.2, 0) is 0 Å². The zero-order valence-corrected chi connectivity index (χ0v) is 31.3. The fourth-order valence-corrected chi connectivity index (χ4v) is 10.4. The van der Waals surface area contributed by atoms with Crippen molar-refractivity contribution in [2.75, 3.05) is 0 Å². The highest BCUT2D eigenvalue weighted by Crippen LogP contribution is 2.41. The number of hydrogen-bond donors (Lipinski definition) is 0. The lowest BCUT2D eigenvalue weighted by molar-refractivity contribution is 1.01. The van der Waals surface area contributed by atoms with Gasteiger partial charge in [-0.2, -0.15) is 0 Å². The normalized spacial score (nSPS) is 12.2. The molecular weight excluding hydrogens is 713 g/mol. The van der Waals surface area contributed by atoms with Crippen molar-refractivity contribution in [2.24, 2.45) is 0 Å². The predicted molar refractivity (Wildman–Crippen MR) is 242 cm³/mol. The molecule has 0 aliphatic rings. The Morgan fingerprint density at radius 2 is 0.965 bits per heavy atom. The van der Waals surface area contributed by atoms with Gasteiger partial charge in [-0.15, -0.1) is 11.3 Å². The van der Waals surface area contributed by atoms with Gasteiger partial charge in [-0.05, 0) is 82.9 Å². The van der Waals surface area contributed by atoms with Gasteiger partial charge < -0.3 is 4.57 Å². The summed E-state index contributed by atoms with van der Waals surface area (Å²) in [4.78, 5) is 10.8. The van der Waals surface area contributed by atoms with Crippen LogP contribution in [0.1, 0.15) is 0 Å². The van der Waals surface area contributed by atoms with Crippen LogP contribution in [0.5, 0.6) is 0 Å². The van der Waals surface area contributed by atoms with Gasteiger partial charge in [0.2, 0.25) is 5.95 Å². The summed E-state index contributed by atoms with van der Waals surface area (Å²) in [5, 5.41) is 13.2. The number of para-hydroxylation sites is 3. The van der Waals surface area contributed by atoms with Gasteiger partial charge in [0, 0.05) is 58.1 Å². The molecule has 13 rings (SSSR count). The minimum Gasteiger partial charge on any atom is -0.309 e. The van der Waals surface area contributed by atoms with E-state index in [9.17, 15) is 0 Å². The smallest absolute Gasteiger partial charge is 0.235 e. The second kappa shape index (κ2) is 11.6. The molecule has 0 aliphatic carbocycles. The Bertz CT molecular complexity index is 3830. The van der Waals surface area contributed by atoms with E-state index in [0.717, 1.165) is 38.9 Å². The lowest BCUT2D eigenvalue weighted by Gasteiger charge is -2.14. The summed E-state index contributed by atoms with van der Waals surface area (Å²) < 4.78 is 7.30. The molecule has 0 radical (unpaired) electrons. The molecule has 5 heteroatoms. The molecule has 4 nitrogen and oxygen atoms in total. The van der Waals surface area contributed by atoms with Crippen molar-refractivity contribution in [3.05, 3.63) is 182 Å². The molecule has 0 N–H and O–H groups in total. The van der Waals surface area contributed by atoms with Crippen LogP contribution in [-0.4, -0.2) is 19.1 Å². The largest absolute Gasteiger partial charge is 0.309 e. The van der Waals surface area contributed by atoms with Gasteiger partial charge >= 0.3 is 0 Å². The number of fused-ring (bicyclic) bond motifs is 12. The second-order valence-corrected chi connectivity index (χ2v) is 16.1. The Morgan fingerprint density at radius 3 is 1.79 bits per heavy atom. The van der Waals surface area contributed by atoms with E-state index < -0.39 is 0 Å². The van der Waals surface area contributed by atoms with E-state index in [2.05, 4.69) is 191 Å². The third-order valence-electron chi connectivity index (χ3n) is 11.9. The first-order chi connectivity index (χ1) is 28.2. The van der Waals surface area contributed by atoms with Crippen molar-refractivity contribution in [1.82, 2.24) is 19.1 Å². The summed E-state index contributed by atoms with van der Waals surface area (Å²) in [6, 6.07) is 66.0. The molecule has 9 aromatic carbocycles. The molecule has 0 amide bonds. The maximum atomic E-state index is 5.50. The molecule has 264 valence electrons. The van der Waals surface area contributed by atoms with Gasteiger partial charge in [0.1, 0.15) is 0 Å². The molecule has 0 unspecified atom stereocenters. The maximum Gasteiger partial charge on any atom is 0.235 e. The van der Waals surface area contributed by atoms with Crippen molar-refractivity contribution in [2.45, 2.75) is 0 Å². The molecule has 0 spiro atoms. The third-order valence-corrected chi connectivity index (χ3v) is 13.0. The van der Waals surface area contributed by atoms with Gasteiger partial charge in [-0.25, -0.2) is 9.97 Å². The quantitative estimate of drug-likeness (QED) is 0.181. The minimum absolute atomic E-state index is 0.658. The number of hydrogen-bond acceptors (Lipinski definition) is 3. The fourth-order valence-electron chi connectivity index (χ4n) is 9.31. The van der Waals surface area contributed by atoms with E-state index in [4.69, 9.17) is 9.97 Å². The standard InChI is InChI=1S/C52H30N4S/c1-2-13-32-29-47-40(26-31(32)12-1)35-15-4-8-20-44(35)55(47)46-22-11-14-33-27-41-36-16-5-9-21-45(36)56(48(41)30-39(33)46)52-53-43-19-7-3-18-38(43)51(54-52)34-24-25-50-42(28-34)37-17-6-10-23-49(37)57-50/h1-30H. The zero-order chi connectivity index (χ0) is 37.2. The summed E-state index contributed by atoms with van der Waals surface area (Å²) in [6.45, 7) is 0. The first-order valence-electron chi connectivity index (χ1n) is 19.3. The summed E-state index contributed by atoms with van der Waals surface area (Å²) >= 11 is 1.84. The lowest BCUT2D eigenvalue weighted by Crippen LogP contribution is -2.03. The van der Waals surface area contributed by atoms with Crippen LogP contribution in [0.3, 0.4) is 0 Å². The zero-order valence-electron chi connectivity index (χ0n) is 30.5. The number of nitrogens with zero attached hydrogens (tertiary/aromatic N) is 4. The average Bonchev–Trinajstić information content (AvgIpc) is 3.91. The molecule has 57 heavy (non-hydrogen) atoms. The topological polar surface area (TPSA) is 35.6 Å². The molecule has 13 aromatic rings. The molecule has 4 heterocycles. The number of benzene rings is 9. The van der Waals surface area contributed by atoms with E-state index in [1.54, 1.807) is 0 Å². The number of rotatable bonds is 3. The van der Waals surface area contributed by atoms with Crippen LogP contribution >= 0.6 is 11.3 Å². The van der Waals surface area contributed by atoms with Gasteiger partial charge in [0.25, 0.3) is 0 Å². The van der Waals surface area contributed by atoms with Crippen LogP contribution in [0.25, 0.3) is 119 Å². The molecule has 0 saturated heterocycles. The van der Waals surface area contributed by atoms with E-state index in [1.807, 2.05) is 11.3 Å². The SMILES string of the molecule is c1ccc2cc3c(cc2c1)c1ccccc1n3-c1cccc2cc3c4ccccc4n(-c4nc(-c5ccc6sc7ccccc7c6c5)c5ccccc5n4)c3cc12. The van der Waals surface area contributed by atoms with Crippen molar-refractivity contribution in [3.63, 3.8) is 0 Å². The highest BCUT2D eigenvalue weighted by atomic mass is 32.1. The van der Waals surface area contributed by atoms with Crippen molar-refractivity contribution in [3.8, 4) is 22.9 Å². The van der Waals surface area contributed by atoms with E-state index in [-0.39, 0.29) is 0 Å².